The molecule has 0 bridgehead atoms. The van der Waals surface area contributed by atoms with E-state index in [4.69, 9.17) is 23.2 Å². The van der Waals surface area contributed by atoms with Gasteiger partial charge in [0.25, 0.3) is 0 Å². The van der Waals surface area contributed by atoms with Gasteiger partial charge in [0.1, 0.15) is 11.6 Å². The molecule has 0 aromatic heterocycles. The number of hydrogen-bond acceptors (Lipinski definition) is 2. The summed E-state index contributed by atoms with van der Waals surface area (Å²) in [6, 6.07) is 12.8. The summed E-state index contributed by atoms with van der Waals surface area (Å²) in [7, 11) is 0. The Bertz CT molecular complexity index is 1300. The number of hydrogen-bond donors (Lipinski definition) is 1. The highest BCUT2D eigenvalue weighted by molar-refractivity contribution is 6.40. The summed E-state index contributed by atoms with van der Waals surface area (Å²) in [6.45, 7) is 6.50. The van der Waals surface area contributed by atoms with E-state index in [0.717, 1.165) is 43.1 Å². The highest BCUT2D eigenvalue weighted by Crippen LogP contribution is 2.45. The van der Waals surface area contributed by atoms with Gasteiger partial charge in [-0.15, -0.1) is 0 Å². The number of carbonyl (C=O) groups excluding carboxylic acids is 1. The van der Waals surface area contributed by atoms with Gasteiger partial charge < -0.3 is 10.2 Å². The first-order valence-electron chi connectivity index (χ1n) is 12.1. The van der Waals surface area contributed by atoms with Crippen molar-refractivity contribution in [1.29, 1.82) is 0 Å². The molecule has 2 heterocycles. The van der Waals surface area contributed by atoms with Crippen LogP contribution >= 0.6 is 23.2 Å². The van der Waals surface area contributed by atoms with Crippen LogP contribution in [0.25, 0.3) is 11.1 Å². The molecule has 0 spiro atoms. The van der Waals surface area contributed by atoms with Crippen LogP contribution < -0.4 is 10.2 Å². The molecule has 0 unspecified atom stereocenters. The van der Waals surface area contributed by atoms with Crippen molar-refractivity contribution in [3.63, 3.8) is 0 Å². The van der Waals surface area contributed by atoms with E-state index in [1.165, 1.54) is 17.0 Å². The average molecular weight is 530 g/mol. The molecule has 0 saturated carbocycles. The number of nitrogens with zero attached hydrogens (tertiary/aromatic N) is 2. The van der Waals surface area contributed by atoms with Crippen molar-refractivity contribution in [1.82, 2.24) is 10.2 Å². The van der Waals surface area contributed by atoms with Crippen LogP contribution in [0.2, 0.25) is 10.0 Å². The van der Waals surface area contributed by atoms with Gasteiger partial charge in [-0.1, -0.05) is 35.3 Å². The van der Waals surface area contributed by atoms with Crippen LogP contribution in [-0.2, 0) is 6.54 Å². The molecule has 0 atom stereocenters. The van der Waals surface area contributed by atoms with Crippen molar-refractivity contribution in [2.75, 3.05) is 18.0 Å². The van der Waals surface area contributed by atoms with E-state index in [9.17, 15) is 9.18 Å². The molecule has 3 aromatic carbocycles. The topological polar surface area (TPSA) is 35.6 Å². The zero-order chi connectivity index (χ0) is 25.6. The number of piperidine rings is 1. The zero-order valence-corrected chi connectivity index (χ0v) is 21.6. The summed E-state index contributed by atoms with van der Waals surface area (Å²) in [6.07, 6.45) is 1.89. The second-order valence-corrected chi connectivity index (χ2v) is 10.5. The molecule has 8 heteroatoms. The number of para-hydroxylation sites is 1. The van der Waals surface area contributed by atoms with Crippen molar-refractivity contribution in [2.24, 2.45) is 0 Å². The number of carbonyl (C=O) groups is 1. The van der Waals surface area contributed by atoms with Crippen molar-refractivity contribution >= 4 is 40.6 Å². The molecule has 188 valence electrons. The monoisotopic (exact) mass is 529 g/mol. The van der Waals surface area contributed by atoms with Gasteiger partial charge in [-0.3, -0.25) is 4.90 Å². The van der Waals surface area contributed by atoms with E-state index in [1.807, 2.05) is 12.1 Å². The lowest BCUT2D eigenvalue weighted by Gasteiger charge is -2.37. The average Bonchev–Trinajstić information content (AvgIpc) is 2.84. The lowest BCUT2D eigenvalue weighted by atomic mass is 9.84. The van der Waals surface area contributed by atoms with Gasteiger partial charge in [0.15, 0.2) is 0 Å². The lowest BCUT2D eigenvalue weighted by Crippen LogP contribution is -2.42. The van der Waals surface area contributed by atoms with E-state index in [1.54, 1.807) is 18.2 Å². The number of amides is 2. The number of likely N-dealkylation sites (tertiary alicyclic amines) is 1. The SMILES string of the molecule is CC(C)N1CCC(c2cc(-c3ccc(F)cc3F)c3c(c2)N(c2c(Cl)cccc2Cl)C(=O)NC3)CC1. The van der Waals surface area contributed by atoms with E-state index >= 15 is 4.39 Å². The van der Waals surface area contributed by atoms with E-state index < -0.39 is 11.6 Å². The third kappa shape index (κ3) is 4.58. The maximum Gasteiger partial charge on any atom is 0.326 e. The summed E-state index contributed by atoms with van der Waals surface area (Å²) >= 11 is 13.0. The molecule has 1 saturated heterocycles. The number of fused-ring (bicyclic) bond motifs is 1. The Morgan fingerprint density at radius 2 is 1.67 bits per heavy atom. The molecule has 3 aromatic rings. The molecule has 36 heavy (non-hydrogen) atoms. The summed E-state index contributed by atoms with van der Waals surface area (Å²) < 4.78 is 28.8. The van der Waals surface area contributed by atoms with Gasteiger partial charge in [0.2, 0.25) is 0 Å². The molecular weight excluding hydrogens is 503 g/mol. The fraction of sp³-hybridized carbons (Fsp3) is 0.321. The smallest absolute Gasteiger partial charge is 0.326 e. The van der Waals surface area contributed by atoms with Crippen LogP contribution in [0.5, 0.6) is 0 Å². The number of urea groups is 1. The van der Waals surface area contributed by atoms with Crippen molar-refractivity contribution in [3.8, 4) is 11.1 Å². The minimum absolute atomic E-state index is 0.199. The Morgan fingerprint density at radius 1 is 0.972 bits per heavy atom. The molecule has 1 N–H and O–H groups in total. The van der Waals surface area contributed by atoms with E-state index in [2.05, 4.69) is 24.1 Å². The number of benzene rings is 3. The fourth-order valence-corrected chi connectivity index (χ4v) is 5.84. The standard InChI is InChI=1S/C28H27Cl2F2N3O/c1-16(2)34-10-8-17(9-11-34)18-12-21(20-7-6-19(31)14-25(20)32)22-15-33-28(36)35(26(22)13-18)27-23(29)4-3-5-24(27)30/h3-7,12-14,16-17H,8-11,15H2,1-2H3,(H,33,36). The first-order chi connectivity index (χ1) is 17.2. The number of nitrogens with one attached hydrogen (secondary N) is 1. The molecule has 1 fully saturated rings. The third-order valence-electron chi connectivity index (χ3n) is 7.22. The maximum atomic E-state index is 15.1. The molecular formula is C28H27Cl2F2N3O. The summed E-state index contributed by atoms with van der Waals surface area (Å²) in [5.41, 5.74) is 3.63. The van der Waals surface area contributed by atoms with E-state index in [0.29, 0.717) is 33.0 Å². The molecule has 2 aliphatic rings. The van der Waals surface area contributed by atoms with Crippen molar-refractivity contribution in [2.45, 2.75) is 45.2 Å². The Labute approximate surface area is 219 Å². The quantitative estimate of drug-likeness (QED) is 0.372. The van der Waals surface area contributed by atoms with Crippen LogP contribution in [0.1, 0.15) is 43.7 Å². The number of halogens is 4. The Hall–Kier alpha value is -2.67. The minimum Gasteiger partial charge on any atom is -0.333 e. The van der Waals surface area contributed by atoms with Crippen LogP contribution in [0.4, 0.5) is 25.0 Å². The molecule has 2 aliphatic heterocycles. The Kier molecular flexibility index (Phi) is 6.95. The number of anilines is 2. The molecule has 5 rings (SSSR count). The Morgan fingerprint density at radius 3 is 2.31 bits per heavy atom. The largest absolute Gasteiger partial charge is 0.333 e. The first-order valence-corrected chi connectivity index (χ1v) is 12.9. The predicted molar refractivity (Wildman–Crippen MR) is 141 cm³/mol. The van der Waals surface area contributed by atoms with Crippen LogP contribution in [0.15, 0.2) is 48.5 Å². The van der Waals surface area contributed by atoms with Gasteiger partial charge in [0, 0.05) is 29.8 Å². The maximum absolute atomic E-state index is 15.1. The van der Waals surface area contributed by atoms with Gasteiger partial charge in [0.05, 0.1) is 21.4 Å². The fourth-order valence-electron chi connectivity index (χ4n) is 5.27. The second-order valence-electron chi connectivity index (χ2n) is 9.66. The van der Waals surface area contributed by atoms with Crippen molar-refractivity contribution < 1.29 is 13.6 Å². The second kappa shape index (κ2) is 10.0. The number of rotatable bonds is 4. The van der Waals surface area contributed by atoms with Gasteiger partial charge in [-0.2, -0.15) is 0 Å². The lowest BCUT2D eigenvalue weighted by molar-refractivity contribution is 0.172. The first kappa shape index (κ1) is 25.0. The predicted octanol–water partition coefficient (Wildman–Crippen LogP) is 7.89. The molecule has 0 aliphatic carbocycles. The third-order valence-corrected chi connectivity index (χ3v) is 7.83. The normalized spacial score (nSPS) is 16.9. The van der Waals surface area contributed by atoms with Gasteiger partial charge in [-0.25, -0.2) is 13.6 Å². The van der Waals surface area contributed by atoms with Crippen LogP contribution in [0.3, 0.4) is 0 Å². The molecule has 2 amide bonds. The van der Waals surface area contributed by atoms with Crippen molar-refractivity contribution in [3.05, 3.63) is 81.3 Å². The highest BCUT2D eigenvalue weighted by atomic mass is 35.5. The summed E-state index contributed by atoms with van der Waals surface area (Å²) in [4.78, 5) is 17.1. The highest BCUT2D eigenvalue weighted by Gasteiger charge is 2.33. The minimum atomic E-state index is -0.650. The zero-order valence-electron chi connectivity index (χ0n) is 20.1. The Balaban J connectivity index is 1.70. The van der Waals surface area contributed by atoms with Gasteiger partial charge in [-0.05, 0) is 87.2 Å². The van der Waals surface area contributed by atoms with Crippen LogP contribution in [-0.4, -0.2) is 30.1 Å². The van der Waals surface area contributed by atoms with Crippen LogP contribution in [0, 0.1) is 11.6 Å². The van der Waals surface area contributed by atoms with Gasteiger partial charge >= 0.3 is 6.03 Å². The van der Waals surface area contributed by atoms with E-state index in [-0.39, 0.29) is 24.1 Å². The molecule has 4 nitrogen and oxygen atoms in total. The summed E-state index contributed by atoms with van der Waals surface area (Å²) in [5, 5.41) is 3.52. The summed E-state index contributed by atoms with van der Waals surface area (Å²) in [5.74, 6) is -1.05. The molecule has 0 radical (unpaired) electrons.